The Kier molecular flexibility index (Phi) is 3.66. The van der Waals surface area contributed by atoms with Crippen LogP contribution in [0.3, 0.4) is 0 Å². The molecular weight excluding hydrogens is 320 g/mol. The van der Waals surface area contributed by atoms with Crippen LogP contribution in [0.2, 0.25) is 4.34 Å². The summed E-state index contributed by atoms with van der Waals surface area (Å²) >= 11 is 7.27. The van der Waals surface area contributed by atoms with Crippen molar-refractivity contribution in [3.63, 3.8) is 0 Å². The molecule has 0 bridgehead atoms. The topological polar surface area (TPSA) is 61.9 Å². The number of hydrogen-bond donors (Lipinski definition) is 1. The highest BCUT2D eigenvalue weighted by atomic mass is 35.5. The molecule has 1 aliphatic carbocycles. The van der Waals surface area contributed by atoms with Gasteiger partial charge in [0.15, 0.2) is 5.82 Å². The molecule has 1 amide bonds. The largest absolute Gasteiger partial charge is 0.337 e. The number of carbonyl (C=O) groups excluding carboxylic acids is 1. The number of H-pyrrole nitrogens is 1. The van der Waals surface area contributed by atoms with Crippen molar-refractivity contribution in [2.45, 2.75) is 37.5 Å². The maximum absolute atomic E-state index is 12.5. The zero-order valence-electron chi connectivity index (χ0n) is 12.1. The zero-order valence-corrected chi connectivity index (χ0v) is 13.7. The number of carbonyl (C=O) groups is 1. The molecule has 1 saturated carbocycles. The molecule has 5 nitrogen and oxygen atoms in total. The van der Waals surface area contributed by atoms with E-state index in [-0.39, 0.29) is 11.8 Å². The van der Waals surface area contributed by atoms with Crippen LogP contribution in [0.5, 0.6) is 0 Å². The maximum Gasteiger partial charge on any atom is 0.263 e. The van der Waals surface area contributed by atoms with Crippen molar-refractivity contribution in [3.05, 3.63) is 33.0 Å². The number of thiophene rings is 1. The van der Waals surface area contributed by atoms with Crippen LogP contribution in [-0.4, -0.2) is 39.1 Å². The molecule has 1 atom stereocenters. The number of hydrogen-bond acceptors (Lipinski definition) is 4. The predicted molar refractivity (Wildman–Crippen MR) is 85.6 cm³/mol. The molecule has 116 valence electrons. The van der Waals surface area contributed by atoms with Crippen molar-refractivity contribution >= 4 is 28.8 Å². The average Bonchev–Trinajstić information content (AvgIpc) is 3.10. The molecule has 2 aromatic heterocycles. The first-order valence-electron chi connectivity index (χ1n) is 7.67. The van der Waals surface area contributed by atoms with Crippen LogP contribution in [0.4, 0.5) is 0 Å². The van der Waals surface area contributed by atoms with Gasteiger partial charge in [-0.15, -0.1) is 11.3 Å². The minimum atomic E-state index is 0.0690. The second kappa shape index (κ2) is 5.66. The smallest absolute Gasteiger partial charge is 0.263 e. The Balaban J connectivity index is 1.47. The Morgan fingerprint density at radius 2 is 2.18 bits per heavy atom. The van der Waals surface area contributed by atoms with Crippen LogP contribution in [-0.2, 0) is 0 Å². The Morgan fingerprint density at radius 3 is 2.91 bits per heavy atom. The molecule has 1 saturated heterocycles. The van der Waals surface area contributed by atoms with Gasteiger partial charge in [0.1, 0.15) is 5.82 Å². The van der Waals surface area contributed by atoms with Gasteiger partial charge in [0.2, 0.25) is 0 Å². The minimum Gasteiger partial charge on any atom is -0.337 e. The molecule has 1 aliphatic heterocycles. The summed E-state index contributed by atoms with van der Waals surface area (Å²) < 4.78 is 0.653. The summed E-state index contributed by atoms with van der Waals surface area (Å²) in [6.07, 6.45) is 4.45. The number of nitrogens with zero attached hydrogens (tertiary/aromatic N) is 3. The van der Waals surface area contributed by atoms with Crippen molar-refractivity contribution in [2.75, 3.05) is 13.1 Å². The van der Waals surface area contributed by atoms with Crippen LogP contribution in [0.25, 0.3) is 0 Å². The van der Waals surface area contributed by atoms with Crippen LogP contribution in [0.1, 0.15) is 58.8 Å². The molecule has 2 aromatic rings. The number of rotatable bonds is 3. The Labute approximate surface area is 137 Å². The standard InChI is InChI=1S/C15H17ClN4OS/c16-12-6-5-11(22-12)15(21)20-7-1-2-10(8-20)14-17-13(18-19-14)9-3-4-9/h5-6,9-10H,1-4,7-8H2,(H,17,18,19). The van der Waals surface area contributed by atoms with Crippen molar-refractivity contribution in [2.24, 2.45) is 0 Å². The molecule has 3 heterocycles. The molecule has 0 radical (unpaired) electrons. The normalized spacial score (nSPS) is 22.0. The van der Waals surface area contributed by atoms with Gasteiger partial charge in [0, 0.05) is 24.9 Å². The number of halogens is 1. The van der Waals surface area contributed by atoms with Crippen molar-refractivity contribution in [1.82, 2.24) is 20.1 Å². The van der Waals surface area contributed by atoms with E-state index in [1.54, 1.807) is 12.1 Å². The third kappa shape index (κ3) is 2.77. The van der Waals surface area contributed by atoms with E-state index in [4.69, 9.17) is 11.6 Å². The quantitative estimate of drug-likeness (QED) is 0.934. The first-order chi connectivity index (χ1) is 10.7. The van der Waals surface area contributed by atoms with E-state index in [9.17, 15) is 4.79 Å². The summed E-state index contributed by atoms with van der Waals surface area (Å²) in [4.78, 5) is 19.8. The van der Waals surface area contributed by atoms with Gasteiger partial charge in [-0.2, -0.15) is 5.10 Å². The number of aromatic nitrogens is 3. The van der Waals surface area contributed by atoms with E-state index < -0.39 is 0 Å². The lowest BCUT2D eigenvalue weighted by Crippen LogP contribution is -2.39. The van der Waals surface area contributed by atoms with E-state index in [0.29, 0.717) is 21.7 Å². The highest BCUT2D eigenvalue weighted by Crippen LogP contribution is 2.38. The van der Waals surface area contributed by atoms with Crippen LogP contribution >= 0.6 is 22.9 Å². The van der Waals surface area contributed by atoms with E-state index in [2.05, 4.69) is 15.2 Å². The summed E-state index contributed by atoms with van der Waals surface area (Å²) in [5.41, 5.74) is 0. The number of likely N-dealkylation sites (tertiary alicyclic amines) is 1. The molecule has 4 rings (SSSR count). The van der Waals surface area contributed by atoms with E-state index in [1.807, 2.05) is 4.90 Å². The lowest BCUT2D eigenvalue weighted by atomic mass is 9.97. The highest BCUT2D eigenvalue weighted by molar-refractivity contribution is 7.17. The molecule has 0 aromatic carbocycles. The lowest BCUT2D eigenvalue weighted by molar-refractivity contribution is 0.0709. The summed E-state index contributed by atoms with van der Waals surface area (Å²) in [6, 6.07) is 3.58. The van der Waals surface area contributed by atoms with Gasteiger partial charge in [0.05, 0.1) is 9.21 Å². The molecule has 2 aliphatic rings. The minimum absolute atomic E-state index is 0.0690. The van der Waals surface area contributed by atoms with Gasteiger partial charge < -0.3 is 4.90 Å². The van der Waals surface area contributed by atoms with Gasteiger partial charge in [-0.25, -0.2) is 4.98 Å². The first-order valence-corrected chi connectivity index (χ1v) is 8.87. The van der Waals surface area contributed by atoms with Crippen molar-refractivity contribution < 1.29 is 4.79 Å². The molecule has 1 N–H and O–H groups in total. The number of piperidine rings is 1. The number of amides is 1. The van der Waals surface area contributed by atoms with E-state index in [0.717, 1.165) is 31.0 Å². The van der Waals surface area contributed by atoms with Gasteiger partial charge in [-0.05, 0) is 37.8 Å². The van der Waals surface area contributed by atoms with Gasteiger partial charge in [-0.1, -0.05) is 11.6 Å². The molecule has 2 fully saturated rings. The fourth-order valence-corrected chi connectivity index (χ4v) is 3.98. The second-order valence-corrected chi connectivity index (χ2v) is 7.76. The monoisotopic (exact) mass is 336 g/mol. The zero-order chi connectivity index (χ0) is 15.1. The Hall–Kier alpha value is -1.40. The third-order valence-electron chi connectivity index (χ3n) is 4.34. The lowest BCUT2D eigenvalue weighted by Gasteiger charge is -2.31. The Morgan fingerprint density at radius 1 is 1.32 bits per heavy atom. The molecule has 22 heavy (non-hydrogen) atoms. The van der Waals surface area contributed by atoms with E-state index >= 15 is 0 Å². The molecule has 7 heteroatoms. The fourth-order valence-electron chi connectivity index (χ4n) is 2.97. The average molecular weight is 337 g/mol. The van der Waals surface area contributed by atoms with Gasteiger partial charge >= 0.3 is 0 Å². The summed E-state index contributed by atoms with van der Waals surface area (Å²) in [6.45, 7) is 1.49. The summed E-state index contributed by atoms with van der Waals surface area (Å²) in [5, 5.41) is 7.44. The van der Waals surface area contributed by atoms with Crippen molar-refractivity contribution in [3.8, 4) is 0 Å². The fraction of sp³-hybridized carbons (Fsp3) is 0.533. The summed E-state index contributed by atoms with van der Waals surface area (Å²) in [7, 11) is 0. The van der Waals surface area contributed by atoms with E-state index in [1.165, 1.54) is 24.2 Å². The summed E-state index contributed by atoms with van der Waals surface area (Å²) in [5.74, 6) is 2.76. The maximum atomic E-state index is 12.5. The second-order valence-electron chi connectivity index (χ2n) is 6.05. The van der Waals surface area contributed by atoms with Crippen LogP contribution in [0, 0.1) is 0 Å². The molecular formula is C15H17ClN4OS. The highest BCUT2D eigenvalue weighted by Gasteiger charge is 2.31. The number of nitrogens with one attached hydrogen (secondary N) is 1. The number of aromatic amines is 1. The van der Waals surface area contributed by atoms with Crippen molar-refractivity contribution in [1.29, 1.82) is 0 Å². The predicted octanol–water partition coefficient (Wildman–Crippen LogP) is 3.42. The SMILES string of the molecule is O=C(c1ccc(Cl)s1)N1CCCC(c2n[nH]c(C3CC3)n2)C1. The molecule has 1 unspecified atom stereocenters. The van der Waals surface area contributed by atoms with Gasteiger partial charge in [0.25, 0.3) is 5.91 Å². The first kappa shape index (κ1) is 14.2. The Bertz CT molecular complexity index is 693. The molecule has 0 spiro atoms. The van der Waals surface area contributed by atoms with Crippen LogP contribution in [0.15, 0.2) is 12.1 Å². The van der Waals surface area contributed by atoms with Gasteiger partial charge in [-0.3, -0.25) is 9.89 Å². The third-order valence-corrected chi connectivity index (χ3v) is 5.56. The van der Waals surface area contributed by atoms with Crippen LogP contribution < -0.4 is 0 Å².